The van der Waals surface area contributed by atoms with E-state index >= 15 is 0 Å². The summed E-state index contributed by atoms with van der Waals surface area (Å²) >= 11 is 12.0. The topological polar surface area (TPSA) is 61.2 Å². The van der Waals surface area contributed by atoms with Gasteiger partial charge in [0.25, 0.3) is 5.56 Å². The van der Waals surface area contributed by atoms with Crippen molar-refractivity contribution in [3.05, 3.63) is 67.8 Å². The number of methoxy groups -OCH3 is 1. The van der Waals surface area contributed by atoms with Gasteiger partial charge in [-0.3, -0.25) is 9.36 Å². The van der Waals surface area contributed by atoms with Gasteiger partial charge in [-0.15, -0.1) is 0 Å². The lowest BCUT2D eigenvalue weighted by Crippen LogP contribution is -2.28. The Morgan fingerprint density at radius 3 is 2.43 bits per heavy atom. The van der Waals surface area contributed by atoms with Crippen molar-refractivity contribution in [2.24, 2.45) is 0 Å². The van der Waals surface area contributed by atoms with Gasteiger partial charge in [0.15, 0.2) is 0 Å². The predicted octanol–water partition coefficient (Wildman–Crippen LogP) is 4.64. The summed E-state index contributed by atoms with van der Waals surface area (Å²) in [5, 5.41) is -1.16. The normalized spacial score (nSPS) is 11.7. The molecule has 0 bridgehead atoms. The maximum absolute atomic E-state index is 13.9. The lowest BCUT2D eigenvalue weighted by atomic mass is 10.1. The van der Waals surface area contributed by atoms with Crippen LogP contribution in [0.3, 0.4) is 0 Å². The molecule has 0 atom stereocenters. The molecule has 3 rings (SSSR count). The second-order valence-electron chi connectivity index (χ2n) is 5.46. The van der Waals surface area contributed by atoms with Crippen molar-refractivity contribution in [1.29, 1.82) is 0 Å². The molecule has 2 heterocycles. The number of benzene rings is 1. The van der Waals surface area contributed by atoms with E-state index in [1.165, 1.54) is 12.1 Å². The van der Waals surface area contributed by atoms with Gasteiger partial charge in [0.1, 0.15) is 27.7 Å². The van der Waals surface area contributed by atoms with Crippen LogP contribution in [0.4, 0.5) is 17.6 Å². The molecular formula is C17H8Cl2F4N2O3. The number of halogens is 6. The quantitative estimate of drug-likeness (QED) is 0.435. The lowest BCUT2D eigenvalue weighted by Gasteiger charge is -2.16. The summed E-state index contributed by atoms with van der Waals surface area (Å²) < 4.78 is 58.4. The standard InChI is InChI=1S/C17H8Cl2F4N2O3/c1-28-16(27)11-12(18)7-5-6-10(17(21,22)23)24-14(7)25(15(11)26)9-4-2-3-8(20)13(9)19/h2-6H,1H3. The first-order valence-electron chi connectivity index (χ1n) is 7.43. The fourth-order valence-electron chi connectivity index (χ4n) is 2.55. The number of nitrogens with zero attached hydrogens (tertiary/aromatic N) is 2. The van der Waals surface area contributed by atoms with Gasteiger partial charge in [0, 0.05) is 5.39 Å². The Hall–Kier alpha value is -2.65. The van der Waals surface area contributed by atoms with E-state index in [2.05, 4.69) is 9.72 Å². The molecule has 0 aliphatic carbocycles. The maximum Gasteiger partial charge on any atom is 0.433 e. The highest BCUT2D eigenvalue weighted by Crippen LogP contribution is 2.33. The molecular weight excluding hydrogens is 427 g/mol. The van der Waals surface area contributed by atoms with E-state index in [1.807, 2.05) is 0 Å². The van der Waals surface area contributed by atoms with Gasteiger partial charge in [0.2, 0.25) is 0 Å². The molecule has 0 fully saturated rings. The molecule has 0 radical (unpaired) electrons. The molecule has 0 aliphatic rings. The van der Waals surface area contributed by atoms with Gasteiger partial charge in [-0.1, -0.05) is 29.3 Å². The molecule has 0 spiro atoms. The van der Waals surface area contributed by atoms with Gasteiger partial charge in [-0.2, -0.15) is 13.2 Å². The van der Waals surface area contributed by atoms with Crippen LogP contribution in [0.15, 0.2) is 35.1 Å². The van der Waals surface area contributed by atoms with E-state index in [0.29, 0.717) is 10.6 Å². The number of pyridine rings is 2. The number of hydrogen-bond donors (Lipinski definition) is 0. The number of carbonyl (C=O) groups is 1. The average molecular weight is 435 g/mol. The number of ether oxygens (including phenoxy) is 1. The van der Waals surface area contributed by atoms with Crippen molar-refractivity contribution in [1.82, 2.24) is 9.55 Å². The summed E-state index contributed by atoms with van der Waals surface area (Å²) in [5.41, 5.74) is -4.00. The number of esters is 1. The van der Waals surface area contributed by atoms with Crippen LogP contribution < -0.4 is 5.56 Å². The number of hydrogen-bond acceptors (Lipinski definition) is 4. The van der Waals surface area contributed by atoms with Crippen molar-refractivity contribution in [2.75, 3.05) is 7.11 Å². The van der Waals surface area contributed by atoms with Crippen LogP contribution in [0.25, 0.3) is 16.7 Å². The highest BCUT2D eigenvalue weighted by atomic mass is 35.5. The highest BCUT2D eigenvalue weighted by Gasteiger charge is 2.34. The van der Waals surface area contributed by atoms with Gasteiger partial charge in [0.05, 0.1) is 17.8 Å². The number of carbonyl (C=O) groups excluding carboxylic acids is 1. The van der Waals surface area contributed by atoms with E-state index in [4.69, 9.17) is 23.2 Å². The van der Waals surface area contributed by atoms with Crippen LogP contribution in [-0.4, -0.2) is 22.6 Å². The van der Waals surface area contributed by atoms with Crippen molar-refractivity contribution in [3.63, 3.8) is 0 Å². The molecule has 0 aliphatic heterocycles. The maximum atomic E-state index is 13.9. The smallest absolute Gasteiger partial charge is 0.433 e. The molecule has 1 aromatic carbocycles. The Morgan fingerprint density at radius 2 is 1.82 bits per heavy atom. The van der Waals surface area contributed by atoms with Gasteiger partial charge in [-0.05, 0) is 24.3 Å². The van der Waals surface area contributed by atoms with Crippen molar-refractivity contribution in [2.45, 2.75) is 6.18 Å². The highest BCUT2D eigenvalue weighted by molar-refractivity contribution is 6.38. The van der Waals surface area contributed by atoms with Crippen molar-refractivity contribution < 1.29 is 27.1 Å². The van der Waals surface area contributed by atoms with Crippen LogP contribution in [-0.2, 0) is 10.9 Å². The molecule has 0 unspecified atom stereocenters. The fourth-order valence-corrected chi connectivity index (χ4v) is 3.07. The minimum atomic E-state index is -4.83. The molecule has 0 amide bonds. The SMILES string of the molecule is COC(=O)c1c(Cl)c2ccc(C(F)(F)F)nc2n(-c2cccc(F)c2Cl)c1=O. The Balaban J connectivity index is 2.57. The van der Waals surface area contributed by atoms with Crippen LogP contribution >= 0.6 is 23.2 Å². The van der Waals surface area contributed by atoms with E-state index in [-0.39, 0.29) is 11.1 Å². The van der Waals surface area contributed by atoms with E-state index < -0.39 is 50.5 Å². The zero-order valence-corrected chi connectivity index (χ0v) is 15.3. The van der Waals surface area contributed by atoms with Crippen LogP contribution in [0.1, 0.15) is 16.1 Å². The van der Waals surface area contributed by atoms with Crippen LogP contribution in [0.5, 0.6) is 0 Å². The van der Waals surface area contributed by atoms with Crippen LogP contribution in [0, 0.1) is 5.82 Å². The number of fused-ring (bicyclic) bond motifs is 1. The Bertz CT molecular complexity index is 1180. The molecule has 0 saturated heterocycles. The summed E-state index contributed by atoms with van der Waals surface area (Å²) in [6.45, 7) is 0. The molecule has 5 nitrogen and oxygen atoms in total. The van der Waals surface area contributed by atoms with Gasteiger partial charge in [-0.25, -0.2) is 14.2 Å². The second kappa shape index (κ2) is 7.06. The van der Waals surface area contributed by atoms with Gasteiger partial charge >= 0.3 is 12.1 Å². The molecule has 11 heteroatoms. The third-order valence-electron chi connectivity index (χ3n) is 3.81. The van der Waals surface area contributed by atoms with Crippen LogP contribution in [0.2, 0.25) is 10.0 Å². The Labute approximate surface area is 164 Å². The van der Waals surface area contributed by atoms with E-state index in [9.17, 15) is 27.2 Å². The molecule has 0 N–H and O–H groups in total. The Morgan fingerprint density at radius 1 is 1.14 bits per heavy atom. The molecule has 3 aromatic rings. The molecule has 0 saturated carbocycles. The summed E-state index contributed by atoms with van der Waals surface area (Å²) in [7, 11) is 0.993. The zero-order chi connectivity index (χ0) is 20.8. The number of alkyl halides is 3. The first-order chi connectivity index (χ1) is 13.1. The fraction of sp³-hybridized carbons (Fsp3) is 0.118. The third kappa shape index (κ3) is 3.20. The first kappa shape index (κ1) is 20.1. The largest absolute Gasteiger partial charge is 0.465 e. The molecule has 2 aromatic heterocycles. The summed E-state index contributed by atoms with van der Waals surface area (Å²) in [6.07, 6.45) is -4.83. The average Bonchev–Trinajstić information content (AvgIpc) is 2.63. The number of aromatic nitrogens is 2. The summed E-state index contributed by atoms with van der Waals surface area (Å²) in [6, 6.07) is 4.95. The van der Waals surface area contributed by atoms with Crippen molar-refractivity contribution >= 4 is 40.2 Å². The minimum absolute atomic E-state index is 0.157. The first-order valence-corrected chi connectivity index (χ1v) is 8.18. The summed E-state index contributed by atoms with van der Waals surface area (Å²) in [4.78, 5) is 28.4. The van der Waals surface area contributed by atoms with E-state index in [1.54, 1.807) is 0 Å². The molecule has 146 valence electrons. The lowest BCUT2D eigenvalue weighted by molar-refractivity contribution is -0.141. The number of rotatable bonds is 2. The molecule has 28 heavy (non-hydrogen) atoms. The minimum Gasteiger partial charge on any atom is -0.465 e. The second-order valence-corrected chi connectivity index (χ2v) is 6.22. The summed E-state index contributed by atoms with van der Waals surface area (Å²) in [5.74, 6) is -2.06. The third-order valence-corrected chi connectivity index (χ3v) is 4.58. The van der Waals surface area contributed by atoms with Gasteiger partial charge < -0.3 is 4.74 Å². The Kier molecular flexibility index (Phi) is 5.07. The van der Waals surface area contributed by atoms with Crippen molar-refractivity contribution in [3.8, 4) is 5.69 Å². The monoisotopic (exact) mass is 434 g/mol. The van der Waals surface area contributed by atoms with E-state index in [0.717, 1.165) is 19.2 Å². The predicted molar refractivity (Wildman–Crippen MR) is 93.7 cm³/mol. The zero-order valence-electron chi connectivity index (χ0n) is 13.8.